The molecule has 0 heterocycles. The maximum Gasteiger partial charge on any atom is 0.0462 e. The lowest BCUT2D eigenvalue weighted by Gasteiger charge is -2.26. The molecule has 0 radical (unpaired) electrons. The molecule has 65 heavy (non-hydrogen) atoms. The zero-order chi connectivity index (χ0) is 43.4. The minimum absolute atomic E-state index is 1.08. The number of hydrogen-bond donors (Lipinski definition) is 0. The fourth-order valence-corrected chi connectivity index (χ4v) is 9.31. The average Bonchev–Trinajstić information content (AvgIpc) is 3.40. The van der Waals surface area contributed by atoms with Crippen LogP contribution in [-0.4, -0.2) is 0 Å². The Morgan fingerprint density at radius 3 is 0.846 bits per heavy atom. The van der Waals surface area contributed by atoms with Crippen molar-refractivity contribution in [1.29, 1.82) is 0 Å². The van der Waals surface area contributed by atoms with Crippen molar-refractivity contribution in [3.8, 4) is 77.9 Å². The summed E-state index contributed by atoms with van der Waals surface area (Å²) in [5, 5.41) is 2.50. The molecule has 0 bridgehead atoms. The quantitative estimate of drug-likeness (QED) is 0.133. The van der Waals surface area contributed by atoms with Crippen molar-refractivity contribution in [3.05, 3.63) is 273 Å². The summed E-state index contributed by atoms with van der Waals surface area (Å²) in [4.78, 5) is 2.37. The number of fused-ring (bicyclic) bond motifs is 1. The molecule has 0 amide bonds. The molecule has 0 atom stereocenters. The van der Waals surface area contributed by atoms with Crippen molar-refractivity contribution in [1.82, 2.24) is 0 Å². The van der Waals surface area contributed by atoms with Gasteiger partial charge >= 0.3 is 0 Å². The van der Waals surface area contributed by atoms with Gasteiger partial charge in [0, 0.05) is 17.1 Å². The molecule has 1 heteroatoms. The first kappa shape index (κ1) is 39.3. The van der Waals surface area contributed by atoms with Crippen LogP contribution in [0.25, 0.3) is 88.7 Å². The highest BCUT2D eigenvalue weighted by atomic mass is 15.1. The Balaban J connectivity index is 0.975. The highest BCUT2D eigenvalue weighted by Gasteiger charge is 2.17. The average molecular weight is 828 g/mol. The van der Waals surface area contributed by atoms with Crippen LogP contribution in [0.2, 0.25) is 0 Å². The summed E-state index contributed by atoms with van der Waals surface area (Å²) in [5.74, 6) is 0. The zero-order valence-corrected chi connectivity index (χ0v) is 35.9. The van der Waals surface area contributed by atoms with Crippen LogP contribution >= 0.6 is 0 Å². The molecule has 11 rings (SSSR count). The Bertz CT molecular complexity index is 3350. The van der Waals surface area contributed by atoms with E-state index in [9.17, 15) is 0 Å². The normalized spacial score (nSPS) is 11.1. The lowest BCUT2D eigenvalue weighted by atomic mass is 9.89. The summed E-state index contributed by atoms with van der Waals surface area (Å²) in [5.41, 5.74) is 20.2. The minimum atomic E-state index is 1.08. The summed E-state index contributed by atoms with van der Waals surface area (Å²) < 4.78 is 0. The van der Waals surface area contributed by atoms with Crippen molar-refractivity contribution >= 4 is 27.8 Å². The minimum Gasteiger partial charge on any atom is -0.311 e. The summed E-state index contributed by atoms with van der Waals surface area (Å²) in [7, 11) is 0. The van der Waals surface area contributed by atoms with E-state index in [0.29, 0.717) is 0 Å². The van der Waals surface area contributed by atoms with Crippen molar-refractivity contribution in [2.24, 2.45) is 0 Å². The molecular formula is C64H45N. The SMILES string of the molecule is c1ccc(-c2ccc(-c3ccc(N(c4ccc(-c5ccccc5-c5ccccc5-c5ccccc5)cc4)c4ccc(-c5cccc6cccc(-c7ccccc7)c56)cc4)cc3)cc2)cc1. The number of anilines is 3. The second-order valence-electron chi connectivity index (χ2n) is 16.5. The first-order valence-electron chi connectivity index (χ1n) is 22.3. The van der Waals surface area contributed by atoms with Crippen LogP contribution < -0.4 is 4.90 Å². The van der Waals surface area contributed by atoms with E-state index in [1.165, 1.54) is 88.7 Å². The van der Waals surface area contributed by atoms with Crippen LogP contribution in [0.5, 0.6) is 0 Å². The number of rotatable bonds is 10. The molecule has 0 unspecified atom stereocenters. The molecule has 1 nitrogen and oxygen atoms in total. The maximum atomic E-state index is 2.37. The Labute approximate surface area is 381 Å². The summed E-state index contributed by atoms with van der Waals surface area (Å²) >= 11 is 0. The Morgan fingerprint density at radius 1 is 0.169 bits per heavy atom. The number of hydrogen-bond acceptors (Lipinski definition) is 1. The predicted molar refractivity (Wildman–Crippen MR) is 277 cm³/mol. The standard InChI is InChI=1S/C64H45N/c1-4-16-46(17-5-1)47-30-32-48(33-31-47)49-34-40-55(41-35-49)65(57-44-38-53(39-45-57)61-29-15-23-54-22-14-28-60(64(54)61)51-20-8-3-9-21-51)56-42-36-52(37-43-56)59-25-11-13-27-63(59)62-26-12-10-24-58(62)50-18-6-2-7-19-50/h1-45H. The van der Waals surface area contributed by atoms with Gasteiger partial charge in [0.25, 0.3) is 0 Å². The molecule has 0 saturated carbocycles. The van der Waals surface area contributed by atoms with Gasteiger partial charge in [-0.05, 0) is 125 Å². The van der Waals surface area contributed by atoms with E-state index in [0.717, 1.165) is 17.1 Å². The van der Waals surface area contributed by atoms with Crippen LogP contribution in [0.4, 0.5) is 17.1 Å². The Morgan fingerprint density at radius 2 is 0.431 bits per heavy atom. The molecule has 0 aliphatic rings. The molecule has 0 spiro atoms. The van der Waals surface area contributed by atoms with Crippen molar-refractivity contribution in [3.63, 3.8) is 0 Å². The summed E-state index contributed by atoms with van der Waals surface area (Å²) in [6, 6.07) is 98.7. The number of benzene rings is 11. The summed E-state index contributed by atoms with van der Waals surface area (Å²) in [6.07, 6.45) is 0. The Kier molecular flexibility index (Phi) is 10.7. The fourth-order valence-electron chi connectivity index (χ4n) is 9.31. The molecule has 0 fully saturated rings. The molecule has 0 saturated heterocycles. The van der Waals surface area contributed by atoms with E-state index in [-0.39, 0.29) is 0 Å². The van der Waals surface area contributed by atoms with Gasteiger partial charge in [0.15, 0.2) is 0 Å². The van der Waals surface area contributed by atoms with Gasteiger partial charge in [-0.2, -0.15) is 0 Å². The van der Waals surface area contributed by atoms with Gasteiger partial charge in [0.2, 0.25) is 0 Å². The lowest BCUT2D eigenvalue weighted by molar-refractivity contribution is 1.28. The van der Waals surface area contributed by atoms with Crippen molar-refractivity contribution < 1.29 is 0 Å². The van der Waals surface area contributed by atoms with Gasteiger partial charge in [0.05, 0.1) is 0 Å². The summed E-state index contributed by atoms with van der Waals surface area (Å²) in [6.45, 7) is 0. The largest absolute Gasteiger partial charge is 0.311 e. The third kappa shape index (κ3) is 7.93. The van der Waals surface area contributed by atoms with Gasteiger partial charge < -0.3 is 4.90 Å². The molecular weight excluding hydrogens is 783 g/mol. The highest BCUT2D eigenvalue weighted by Crippen LogP contribution is 2.42. The van der Waals surface area contributed by atoms with E-state index in [4.69, 9.17) is 0 Å². The van der Waals surface area contributed by atoms with Crippen LogP contribution in [0, 0.1) is 0 Å². The maximum absolute atomic E-state index is 2.37. The second-order valence-corrected chi connectivity index (χ2v) is 16.5. The van der Waals surface area contributed by atoms with Crippen LogP contribution in [-0.2, 0) is 0 Å². The van der Waals surface area contributed by atoms with E-state index in [1.807, 2.05) is 0 Å². The smallest absolute Gasteiger partial charge is 0.0462 e. The van der Waals surface area contributed by atoms with Gasteiger partial charge in [-0.15, -0.1) is 0 Å². The predicted octanol–water partition coefficient (Wildman–Crippen LogP) is 18.0. The van der Waals surface area contributed by atoms with Crippen LogP contribution in [0.1, 0.15) is 0 Å². The second kappa shape index (κ2) is 17.7. The van der Waals surface area contributed by atoms with E-state index in [1.54, 1.807) is 0 Å². The van der Waals surface area contributed by atoms with E-state index in [2.05, 4.69) is 278 Å². The van der Waals surface area contributed by atoms with Crippen molar-refractivity contribution in [2.75, 3.05) is 4.90 Å². The fraction of sp³-hybridized carbons (Fsp3) is 0. The van der Waals surface area contributed by atoms with Gasteiger partial charge in [-0.1, -0.05) is 237 Å². The van der Waals surface area contributed by atoms with E-state index >= 15 is 0 Å². The third-order valence-corrected chi connectivity index (χ3v) is 12.5. The third-order valence-electron chi connectivity index (χ3n) is 12.5. The lowest BCUT2D eigenvalue weighted by Crippen LogP contribution is -2.09. The Hall–Kier alpha value is -8.52. The van der Waals surface area contributed by atoms with Crippen LogP contribution in [0.15, 0.2) is 273 Å². The molecule has 0 aliphatic carbocycles. The zero-order valence-electron chi connectivity index (χ0n) is 35.9. The van der Waals surface area contributed by atoms with Gasteiger partial charge in [-0.3, -0.25) is 0 Å². The first-order chi connectivity index (χ1) is 32.2. The monoisotopic (exact) mass is 827 g/mol. The highest BCUT2D eigenvalue weighted by molar-refractivity contribution is 6.06. The van der Waals surface area contributed by atoms with Crippen molar-refractivity contribution in [2.45, 2.75) is 0 Å². The first-order valence-corrected chi connectivity index (χ1v) is 22.3. The molecule has 306 valence electrons. The molecule has 11 aromatic rings. The molecule has 0 aliphatic heterocycles. The molecule has 0 aromatic heterocycles. The molecule has 0 N–H and O–H groups in total. The van der Waals surface area contributed by atoms with Crippen LogP contribution in [0.3, 0.4) is 0 Å². The van der Waals surface area contributed by atoms with Gasteiger partial charge in [0.1, 0.15) is 0 Å². The van der Waals surface area contributed by atoms with Gasteiger partial charge in [-0.25, -0.2) is 0 Å². The number of nitrogens with zero attached hydrogens (tertiary/aromatic N) is 1. The van der Waals surface area contributed by atoms with E-state index < -0.39 is 0 Å². The molecule has 11 aromatic carbocycles. The topological polar surface area (TPSA) is 3.24 Å².